The molecule has 0 spiro atoms. The summed E-state index contributed by atoms with van der Waals surface area (Å²) in [6, 6.07) is 3.30. The van der Waals surface area contributed by atoms with Crippen LogP contribution in [0.3, 0.4) is 0 Å². The number of anilines is 1. The average molecular weight is 342 g/mol. The summed E-state index contributed by atoms with van der Waals surface area (Å²) in [5, 5.41) is 4.46. The highest BCUT2D eigenvalue weighted by Gasteiger charge is 2.16. The van der Waals surface area contributed by atoms with Crippen LogP contribution in [0.15, 0.2) is 18.2 Å². The Labute approximate surface area is 134 Å². The van der Waals surface area contributed by atoms with E-state index in [0.29, 0.717) is 11.6 Å². The quantitative estimate of drug-likeness (QED) is 0.839. The highest BCUT2D eigenvalue weighted by atomic mass is 32.1. The predicted octanol–water partition coefficient (Wildman–Crippen LogP) is 3.15. The van der Waals surface area contributed by atoms with Crippen molar-refractivity contribution in [1.29, 1.82) is 0 Å². The molecule has 4 nitrogen and oxygen atoms in total. The monoisotopic (exact) mass is 342 g/mol. The third kappa shape index (κ3) is 3.89. The molecule has 0 radical (unpaired) electrons. The number of aryl methyl sites for hydroxylation is 2. The van der Waals surface area contributed by atoms with Gasteiger partial charge in [-0.3, -0.25) is 9.59 Å². The fourth-order valence-corrected chi connectivity index (χ4v) is 2.85. The number of halogens is 3. The maximum Gasteiger partial charge on any atom is 0.252 e. The Hall–Kier alpha value is -2.35. The Morgan fingerprint density at radius 3 is 2.43 bits per heavy atom. The lowest BCUT2D eigenvalue weighted by molar-refractivity contribution is -0.115. The molecule has 2 N–H and O–H groups in total. The van der Waals surface area contributed by atoms with Crippen LogP contribution >= 0.6 is 11.3 Å². The van der Waals surface area contributed by atoms with Crippen LogP contribution in [0.2, 0.25) is 0 Å². The van der Waals surface area contributed by atoms with Gasteiger partial charge in [-0.05, 0) is 32.0 Å². The number of rotatable bonds is 4. The molecule has 8 heteroatoms. The lowest BCUT2D eigenvalue weighted by Gasteiger charge is -2.08. The Balaban J connectivity index is 1.97. The van der Waals surface area contributed by atoms with Crippen molar-refractivity contribution in [2.75, 3.05) is 11.9 Å². The summed E-state index contributed by atoms with van der Waals surface area (Å²) in [7, 11) is 0. The number of thiophene rings is 1. The smallest absolute Gasteiger partial charge is 0.252 e. The van der Waals surface area contributed by atoms with Gasteiger partial charge in [-0.25, -0.2) is 13.2 Å². The molecular weight excluding hydrogens is 329 g/mol. The molecule has 1 heterocycles. The molecular formula is C15H13F3N2O2S. The van der Waals surface area contributed by atoms with Gasteiger partial charge in [-0.15, -0.1) is 11.3 Å². The summed E-state index contributed by atoms with van der Waals surface area (Å²) in [6.07, 6.45) is 0. The largest absolute Gasteiger partial charge is 0.343 e. The third-order valence-corrected chi connectivity index (χ3v) is 3.97. The summed E-state index contributed by atoms with van der Waals surface area (Å²) < 4.78 is 39.3. The van der Waals surface area contributed by atoms with Crippen LogP contribution in [0, 0.1) is 31.3 Å². The number of carbonyl (C=O) groups is 2. The van der Waals surface area contributed by atoms with E-state index < -0.39 is 41.5 Å². The van der Waals surface area contributed by atoms with Crippen LogP contribution in [-0.2, 0) is 4.79 Å². The van der Waals surface area contributed by atoms with Crippen LogP contribution in [0.25, 0.3) is 0 Å². The van der Waals surface area contributed by atoms with Gasteiger partial charge in [0.15, 0.2) is 17.5 Å². The summed E-state index contributed by atoms with van der Waals surface area (Å²) in [4.78, 5) is 25.4. The van der Waals surface area contributed by atoms with E-state index in [9.17, 15) is 22.8 Å². The zero-order valence-electron chi connectivity index (χ0n) is 12.3. The van der Waals surface area contributed by atoms with Gasteiger partial charge in [-0.2, -0.15) is 0 Å². The second-order valence-corrected chi connectivity index (χ2v) is 6.24. The van der Waals surface area contributed by atoms with Crippen LogP contribution in [0.1, 0.15) is 20.1 Å². The molecule has 2 aromatic rings. The van der Waals surface area contributed by atoms with Crippen molar-refractivity contribution in [2.45, 2.75) is 13.8 Å². The fourth-order valence-electron chi connectivity index (χ4n) is 1.93. The highest BCUT2D eigenvalue weighted by Crippen LogP contribution is 2.21. The molecule has 0 aliphatic heterocycles. The Kier molecular flexibility index (Phi) is 5.05. The Bertz CT molecular complexity index is 774. The van der Waals surface area contributed by atoms with Crippen molar-refractivity contribution in [3.05, 3.63) is 51.0 Å². The number of hydrogen-bond acceptors (Lipinski definition) is 3. The van der Waals surface area contributed by atoms with Crippen LogP contribution in [-0.4, -0.2) is 18.4 Å². The maximum atomic E-state index is 13.4. The van der Waals surface area contributed by atoms with Crippen molar-refractivity contribution in [1.82, 2.24) is 5.32 Å². The van der Waals surface area contributed by atoms with Gasteiger partial charge < -0.3 is 10.6 Å². The van der Waals surface area contributed by atoms with Crippen molar-refractivity contribution >= 4 is 28.8 Å². The average Bonchev–Trinajstić information content (AvgIpc) is 2.84. The van der Waals surface area contributed by atoms with E-state index >= 15 is 0 Å². The molecule has 0 aliphatic carbocycles. The second-order valence-electron chi connectivity index (χ2n) is 4.78. The highest BCUT2D eigenvalue weighted by molar-refractivity contribution is 7.12. The van der Waals surface area contributed by atoms with E-state index in [1.165, 1.54) is 11.3 Å². The molecule has 0 atom stereocenters. The minimum absolute atomic E-state index is 0.425. The van der Waals surface area contributed by atoms with Gasteiger partial charge >= 0.3 is 0 Å². The molecule has 1 aromatic carbocycles. The SMILES string of the molecule is Cc1cc(C(=O)NCC(=O)Nc2ccc(F)c(F)c2F)c(C)s1. The summed E-state index contributed by atoms with van der Waals surface area (Å²) in [5.41, 5.74) is -0.0370. The summed E-state index contributed by atoms with van der Waals surface area (Å²) in [6.45, 7) is 3.21. The summed E-state index contributed by atoms with van der Waals surface area (Å²) >= 11 is 1.45. The van der Waals surface area contributed by atoms with Gasteiger partial charge in [0.05, 0.1) is 17.8 Å². The predicted molar refractivity (Wildman–Crippen MR) is 81.1 cm³/mol. The summed E-state index contributed by atoms with van der Waals surface area (Å²) in [5.74, 6) is -5.71. The number of benzene rings is 1. The molecule has 0 fully saturated rings. The van der Waals surface area contributed by atoms with Crippen LogP contribution < -0.4 is 10.6 Å². The molecule has 0 aliphatic rings. The van der Waals surface area contributed by atoms with Crippen molar-refractivity contribution in [3.8, 4) is 0 Å². The first-order valence-corrected chi connectivity index (χ1v) is 7.40. The number of hydrogen-bond donors (Lipinski definition) is 2. The third-order valence-electron chi connectivity index (χ3n) is 3.00. The van der Waals surface area contributed by atoms with Crippen LogP contribution in [0.4, 0.5) is 18.9 Å². The fraction of sp³-hybridized carbons (Fsp3) is 0.200. The van der Waals surface area contributed by atoms with Gasteiger partial charge in [0, 0.05) is 9.75 Å². The zero-order valence-corrected chi connectivity index (χ0v) is 13.1. The first-order chi connectivity index (χ1) is 10.8. The molecule has 0 bridgehead atoms. The standard InChI is InChI=1S/C15H13F3N2O2S/c1-7-5-9(8(2)23-7)15(22)19-6-12(21)20-11-4-3-10(16)13(17)14(11)18/h3-5H,6H2,1-2H3,(H,19,22)(H,20,21). The molecule has 0 unspecified atom stereocenters. The number of amides is 2. The molecule has 2 amide bonds. The van der Waals surface area contributed by atoms with Crippen LogP contribution in [0.5, 0.6) is 0 Å². The maximum absolute atomic E-state index is 13.4. The number of nitrogens with one attached hydrogen (secondary N) is 2. The van der Waals surface area contributed by atoms with Gasteiger partial charge in [0.2, 0.25) is 5.91 Å². The van der Waals surface area contributed by atoms with Gasteiger partial charge in [-0.1, -0.05) is 0 Å². The lowest BCUT2D eigenvalue weighted by atomic mass is 10.2. The molecule has 2 rings (SSSR count). The molecule has 1 aromatic heterocycles. The number of carbonyl (C=O) groups excluding carboxylic acids is 2. The van der Waals surface area contributed by atoms with E-state index in [1.807, 2.05) is 6.92 Å². The topological polar surface area (TPSA) is 58.2 Å². The Morgan fingerprint density at radius 2 is 1.83 bits per heavy atom. The molecule has 23 heavy (non-hydrogen) atoms. The minimum Gasteiger partial charge on any atom is -0.343 e. The van der Waals surface area contributed by atoms with E-state index in [1.54, 1.807) is 13.0 Å². The molecule has 122 valence electrons. The minimum atomic E-state index is -1.67. The zero-order chi connectivity index (χ0) is 17.1. The lowest BCUT2D eigenvalue weighted by Crippen LogP contribution is -2.33. The van der Waals surface area contributed by atoms with E-state index in [-0.39, 0.29) is 0 Å². The van der Waals surface area contributed by atoms with Crippen molar-refractivity contribution in [3.63, 3.8) is 0 Å². The van der Waals surface area contributed by atoms with Crippen molar-refractivity contribution in [2.24, 2.45) is 0 Å². The van der Waals surface area contributed by atoms with E-state index in [4.69, 9.17) is 0 Å². The van der Waals surface area contributed by atoms with Gasteiger partial charge in [0.25, 0.3) is 5.91 Å². The van der Waals surface area contributed by atoms with Gasteiger partial charge in [0.1, 0.15) is 0 Å². The van der Waals surface area contributed by atoms with Crippen molar-refractivity contribution < 1.29 is 22.8 Å². The molecule has 0 saturated heterocycles. The Morgan fingerprint density at radius 1 is 1.13 bits per heavy atom. The normalized spacial score (nSPS) is 10.5. The van der Waals surface area contributed by atoms with E-state index in [0.717, 1.165) is 15.8 Å². The second kappa shape index (κ2) is 6.82. The first-order valence-electron chi connectivity index (χ1n) is 6.58. The molecule has 0 saturated carbocycles. The van der Waals surface area contributed by atoms with E-state index in [2.05, 4.69) is 10.6 Å². The first kappa shape index (κ1) is 17.0.